The summed E-state index contributed by atoms with van der Waals surface area (Å²) in [4.78, 5) is 11.8. The normalized spacial score (nSPS) is 11.0. The molecule has 0 bridgehead atoms. The van der Waals surface area contributed by atoms with Crippen molar-refractivity contribution in [3.05, 3.63) is 11.4 Å². The lowest BCUT2D eigenvalue weighted by molar-refractivity contribution is -0.115. The van der Waals surface area contributed by atoms with E-state index in [1.165, 1.54) is 0 Å². The molecule has 0 aliphatic rings. The van der Waals surface area contributed by atoms with Gasteiger partial charge in [0.1, 0.15) is 0 Å². The molecule has 1 amide bonds. The summed E-state index contributed by atoms with van der Waals surface area (Å²) in [6, 6.07) is 0.299. The van der Waals surface area contributed by atoms with Gasteiger partial charge in [0.2, 0.25) is 5.91 Å². The van der Waals surface area contributed by atoms with Gasteiger partial charge in [-0.1, -0.05) is 6.92 Å². The van der Waals surface area contributed by atoms with Crippen LogP contribution in [0.2, 0.25) is 0 Å². The molecule has 0 atom stereocenters. The van der Waals surface area contributed by atoms with Crippen LogP contribution in [0.25, 0.3) is 0 Å². The SMILES string of the molecule is CCCNCC(=O)Nc1c(C)nn(C(C)C)c1C. The highest BCUT2D eigenvalue weighted by molar-refractivity contribution is 5.93. The van der Waals surface area contributed by atoms with Gasteiger partial charge < -0.3 is 10.6 Å². The van der Waals surface area contributed by atoms with Gasteiger partial charge in [0.25, 0.3) is 0 Å². The zero-order chi connectivity index (χ0) is 13.7. The number of aromatic nitrogens is 2. The third-order valence-electron chi connectivity index (χ3n) is 2.79. The number of nitrogens with one attached hydrogen (secondary N) is 2. The monoisotopic (exact) mass is 252 g/mol. The largest absolute Gasteiger partial charge is 0.322 e. The second-order valence-electron chi connectivity index (χ2n) is 4.81. The molecule has 0 aliphatic heterocycles. The van der Waals surface area contributed by atoms with E-state index in [-0.39, 0.29) is 5.91 Å². The minimum atomic E-state index is -0.0158. The van der Waals surface area contributed by atoms with Crippen LogP contribution >= 0.6 is 0 Å². The molecule has 0 saturated carbocycles. The van der Waals surface area contributed by atoms with Gasteiger partial charge in [-0.25, -0.2) is 0 Å². The van der Waals surface area contributed by atoms with Crippen LogP contribution in [-0.4, -0.2) is 28.8 Å². The van der Waals surface area contributed by atoms with Gasteiger partial charge in [0.05, 0.1) is 23.6 Å². The summed E-state index contributed by atoms with van der Waals surface area (Å²) < 4.78 is 1.93. The minimum absolute atomic E-state index is 0.0158. The molecular formula is C13H24N4O. The topological polar surface area (TPSA) is 59.0 Å². The molecule has 18 heavy (non-hydrogen) atoms. The molecule has 0 fully saturated rings. The van der Waals surface area contributed by atoms with Crippen molar-refractivity contribution in [1.29, 1.82) is 0 Å². The molecule has 102 valence electrons. The molecule has 0 aliphatic carbocycles. The first kappa shape index (κ1) is 14.7. The smallest absolute Gasteiger partial charge is 0.238 e. The molecule has 1 aromatic rings. The first-order valence-corrected chi connectivity index (χ1v) is 6.53. The molecule has 2 N–H and O–H groups in total. The lowest BCUT2D eigenvalue weighted by Crippen LogP contribution is -2.28. The van der Waals surface area contributed by atoms with Crippen molar-refractivity contribution < 1.29 is 4.79 Å². The molecule has 0 spiro atoms. The molecule has 0 radical (unpaired) electrons. The third kappa shape index (κ3) is 3.57. The van der Waals surface area contributed by atoms with E-state index < -0.39 is 0 Å². The molecule has 0 saturated heterocycles. The number of rotatable bonds is 6. The van der Waals surface area contributed by atoms with Crippen molar-refractivity contribution in [2.24, 2.45) is 0 Å². The molecule has 5 heteroatoms. The molecule has 5 nitrogen and oxygen atoms in total. The molecular weight excluding hydrogens is 228 g/mol. The van der Waals surface area contributed by atoms with E-state index in [0.717, 1.165) is 30.0 Å². The second-order valence-corrected chi connectivity index (χ2v) is 4.81. The van der Waals surface area contributed by atoms with Crippen LogP contribution in [0.1, 0.15) is 44.6 Å². The van der Waals surface area contributed by atoms with E-state index in [2.05, 4.69) is 36.5 Å². The maximum absolute atomic E-state index is 11.8. The molecule has 0 aromatic carbocycles. The second kappa shape index (κ2) is 6.54. The number of anilines is 1. The average Bonchev–Trinajstić information content (AvgIpc) is 2.57. The van der Waals surface area contributed by atoms with E-state index >= 15 is 0 Å². The molecule has 1 heterocycles. The van der Waals surface area contributed by atoms with Crippen LogP contribution < -0.4 is 10.6 Å². The third-order valence-corrected chi connectivity index (χ3v) is 2.79. The Morgan fingerprint density at radius 3 is 2.56 bits per heavy atom. The van der Waals surface area contributed by atoms with Crippen molar-refractivity contribution in [2.45, 2.75) is 47.1 Å². The Labute approximate surface area is 109 Å². The Balaban J connectivity index is 2.70. The van der Waals surface area contributed by atoms with Crippen LogP contribution in [-0.2, 0) is 4.79 Å². The van der Waals surface area contributed by atoms with E-state index in [0.29, 0.717) is 12.6 Å². The summed E-state index contributed by atoms with van der Waals surface area (Å²) >= 11 is 0. The highest BCUT2D eigenvalue weighted by Gasteiger charge is 2.15. The Morgan fingerprint density at radius 2 is 2.06 bits per heavy atom. The maximum atomic E-state index is 11.8. The standard InChI is InChI=1S/C13H24N4O/c1-6-7-14-8-12(18)15-13-10(4)16-17(9(2)3)11(13)5/h9,14H,6-8H2,1-5H3,(H,15,18). The molecule has 1 aromatic heterocycles. The van der Waals surface area contributed by atoms with Crippen LogP contribution in [0.3, 0.4) is 0 Å². The fourth-order valence-corrected chi connectivity index (χ4v) is 1.91. The van der Waals surface area contributed by atoms with Crippen LogP contribution in [0.4, 0.5) is 5.69 Å². The first-order chi connectivity index (χ1) is 8.47. The number of hydrogen-bond acceptors (Lipinski definition) is 3. The van der Waals surface area contributed by atoms with Crippen molar-refractivity contribution in [2.75, 3.05) is 18.4 Å². The van der Waals surface area contributed by atoms with E-state index in [4.69, 9.17) is 0 Å². The number of aryl methyl sites for hydroxylation is 1. The quantitative estimate of drug-likeness (QED) is 0.761. The van der Waals surface area contributed by atoms with Gasteiger partial charge in [-0.05, 0) is 40.7 Å². The van der Waals surface area contributed by atoms with Crippen LogP contribution in [0.5, 0.6) is 0 Å². The van der Waals surface area contributed by atoms with Gasteiger partial charge in [0, 0.05) is 6.04 Å². The number of hydrogen-bond donors (Lipinski definition) is 2. The van der Waals surface area contributed by atoms with Gasteiger partial charge >= 0.3 is 0 Å². The summed E-state index contributed by atoms with van der Waals surface area (Å²) in [6.45, 7) is 11.3. The summed E-state index contributed by atoms with van der Waals surface area (Å²) in [5, 5.41) is 10.5. The predicted molar refractivity (Wildman–Crippen MR) is 73.9 cm³/mol. The summed E-state index contributed by atoms with van der Waals surface area (Å²) in [7, 11) is 0. The predicted octanol–water partition coefficient (Wildman–Crippen LogP) is 2.02. The van der Waals surface area contributed by atoms with Gasteiger partial charge in [-0.3, -0.25) is 9.48 Å². The molecule has 0 unspecified atom stereocenters. The van der Waals surface area contributed by atoms with Gasteiger partial charge in [-0.2, -0.15) is 5.10 Å². The highest BCUT2D eigenvalue weighted by atomic mass is 16.1. The minimum Gasteiger partial charge on any atom is -0.322 e. The lowest BCUT2D eigenvalue weighted by atomic mass is 10.3. The molecule has 1 rings (SSSR count). The van der Waals surface area contributed by atoms with E-state index in [1.54, 1.807) is 0 Å². The fraction of sp³-hybridized carbons (Fsp3) is 0.692. The number of carbonyl (C=O) groups is 1. The van der Waals surface area contributed by atoms with Crippen molar-refractivity contribution >= 4 is 11.6 Å². The zero-order valence-electron chi connectivity index (χ0n) is 12.0. The lowest BCUT2D eigenvalue weighted by Gasteiger charge is -2.09. The van der Waals surface area contributed by atoms with E-state index in [1.807, 2.05) is 18.5 Å². The maximum Gasteiger partial charge on any atom is 0.238 e. The Hall–Kier alpha value is -1.36. The number of nitrogens with zero attached hydrogens (tertiary/aromatic N) is 2. The van der Waals surface area contributed by atoms with Crippen molar-refractivity contribution in [3.8, 4) is 0 Å². The van der Waals surface area contributed by atoms with Gasteiger partial charge in [-0.15, -0.1) is 0 Å². The summed E-state index contributed by atoms with van der Waals surface area (Å²) in [6.07, 6.45) is 1.02. The average molecular weight is 252 g/mol. The van der Waals surface area contributed by atoms with Gasteiger partial charge in [0.15, 0.2) is 0 Å². The summed E-state index contributed by atoms with van der Waals surface area (Å²) in [5.74, 6) is -0.0158. The Morgan fingerprint density at radius 1 is 1.39 bits per heavy atom. The van der Waals surface area contributed by atoms with Crippen molar-refractivity contribution in [3.63, 3.8) is 0 Å². The van der Waals surface area contributed by atoms with Crippen molar-refractivity contribution in [1.82, 2.24) is 15.1 Å². The fourth-order valence-electron chi connectivity index (χ4n) is 1.91. The Bertz CT molecular complexity index is 409. The number of carbonyl (C=O) groups excluding carboxylic acids is 1. The van der Waals surface area contributed by atoms with Crippen LogP contribution in [0.15, 0.2) is 0 Å². The zero-order valence-corrected chi connectivity index (χ0v) is 12.0. The summed E-state index contributed by atoms with van der Waals surface area (Å²) in [5.41, 5.74) is 2.71. The number of amides is 1. The Kier molecular flexibility index (Phi) is 5.34. The first-order valence-electron chi connectivity index (χ1n) is 6.53. The van der Waals surface area contributed by atoms with Crippen LogP contribution in [0, 0.1) is 13.8 Å². The van der Waals surface area contributed by atoms with E-state index in [9.17, 15) is 4.79 Å². The highest BCUT2D eigenvalue weighted by Crippen LogP contribution is 2.22.